The maximum Gasteiger partial charge on any atom is 0.0631 e. The molecule has 1 aliphatic heterocycles. The van der Waals surface area contributed by atoms with E-state index in [1.807, 2.05) is 11.8 Å². The fourth-order valence-electron chi connectivity index (χ4n) is 1.64. The van der Waals surface area contributed by atoms with Gasteiger partial charge in [-0.05, 0) is 30.9 Å². The minimum atomic E-state index is -0.147. The zero-order valence-corrected chi connectivity index (χ0v) is 10.1. The number of hydrogen-bond acceptors (Lipinski definition) is 3. The normalized spacial score (nSPS) is 24.4. The first-order chi connectivity index (χ1) is 6.68. The molecule has 0 amide bonds. The average molecular weight is 218 g/mol. The topological polar surface area (TPSA) is 29.5 Å². The summed E-state index contributed by atoms with van der Waals surface area (Å²) in [4.78, 5) is 0. The van der Waals surface area contributed by atoms with Gasteiger partial charge in [0, 0.05) is 12.4 Å². The molecule has 0 aromatic heterocycles. The van der Waals surface area contributed by atoms with E-state index in [4.69, 9.17) is 4.74 Å². The molecule has 1 aliphatic rings. The summed E-state index contributed by atoms with van der Waals surface area (Å²) in [6, 6.07) is 0. The van der Waals surface area contributed by atoms with Crippen LogP contribution in [0.5, 0.6) is 0 Å². The standard InChI is InChI=1S/C11H22O2S/c1-9(2)14-8-10(12)5-6-11-4-3-7-13-11/h9-12H,3-8H2,1-2H3. The molecule has 0 bridgehead atoms. The van der Waals surface area contributed by atoms with E-state index in [1.54, 1.807) is 0 Å². The first-order valence-electron chi connectivity index (χ1n) is 5.59. The molecule has 84 valence electrons. The van der Waals surface area contributed by atoms with Gasteiger partial charge >= 0.3 is 0 Å². The lowest BCUT2D eigenvalue weighted by atomic mass is 10.1. The zero-order valence-electron chi connectivity index (χ0n) is 9.24. The second kappa shape index (κ2) is 6.70. The third-order valence-corrected chi connectivity index (χ3v) is 3.71. The Bertz CT molecular complexity index is 144. The molecule has 0 radical (unpaired) electrons. The Kier molecular flexibility index (Phi) is 5.90. The highest BCUT2D eigenvalue weighted by Crippen LogP contribution is 2.19. The molecule has 1 N–H and O–H groups in total. The quantitative estimate of drug-likeness (QED) is 0.742. The monoisotopic (exact) mass is 218 g/mol. The van der Waals surface area contributed by atoms with Crippen molar-refractivity contribution < 1.29 is 9.84 Å². The lowest BCUT2D eigenvalue weighted by Gasteiger charge is -2.14. The Labute approximate surface area is 91.4 Å². The molecule has 3 heteroatoms. The zero-order chi connectivity index (χ0) is 10.4. The molecule has 2 atom stereocenters. The van der Waals surface area contributed by atoms with E-state index in [2.05, 4.69) is 13.8 Å². The molecule has 0 aliphatic carbocycles. The second-order valence-corrected chi connectivity index (χ2v) is 5.86. The van der Waals surface area contributed by atoms with Gasteiger partial charge in [0.1, 0.15) is 0 Å². The van der Waals surface area contributed by atoms with E-state index in [0.717, 1.165) is 25.2 Å². The number of aliphatic hydroxyl groups excluding tert-OH is 1. The number of aliphatic hydroxyl groups is 1. The molecule has 0 spiro atoms. The van der Waals surface area contributed by atoms with E-state index in [-0.39, 0.29) is 6.10 Å². The summed E-state index contributed by atoms with van der Waals surface area (Å²) in [5.41, 5.74) is 0. The van der Waals surface area contributed by atoms with Crippen LogP contribution in [0.1, 0.15) is 39.5 Å². The average Bonchev–Trinajstić information content (AvgIpc) is 2.63. The van der Waals surface area contributed by atoms with Gasteiger partial charge in [0.05, 0.1) is 12.2 Å². The van der Waals surface area contributed by atoms with Gasteiger partial charge < -0.3 is 9.84 Å². The first kappa shape index (κ1) is 12.3. The maximum absolute atomic E-state index is 9.68. The Morgan fingerprint density at radius 2 is 2.29 bits per heavy atom. The number of ether oxygens (including phenoxy) is 1. The first-order valence-corrected chi connectivity index (χ1v) is 6.64. The van der Waals surface area contributed by atoms with Crippen molar-refractivity contribution in [3.63, 3.8) is 0 Å². The molecule has 1 saturated heterocycles. The van der Waals surface area contributed by atoms with E-state index in [0.29, 0.717) is 11.4 Å². The smallest absolute Gasteiger partial charge is 0.0631 e. The largest absolute Gasteiger partial charge is 0.392 e. The Morgan fingerprint density at radius 3 is 2.86 bits per heavy atom. The van der Waals surface area contributed by atoms with Crippen LogP contribution in [0.2, 0.25) is 0 Å². The predicted molar refractivity (Wildman–Crippen MR) is 61.8 cm³/mol. The number of rotatable bonds is 6. The number of thioether (sulfide) groups is 1. The highest BCUT2D eigenvalue weighted by atomic mass is 32.2. The predicted octanol–water partition coefficient (Wildman–Crippen LogP) is 2.45. The van der Waals surface area contributed by atoms with Crippen molar-refractivity contribution in [2.45, 2.75) is 57.0 Å². The van der Waals surface area contributed by atoms with Gasteiger partial charge in [0.15, 0.2) is 0 Å². The summed E-state index contributed by atoms with van der Waals surface area (Å²) in [6.07, 6.45) is 4.58. The summed E-state index contributed by atoms with van der Waals surface area (Å²) in [5, 5.41) is 10.3. The summed E-state index contributed by atoms with van der Waals surface area (Å²) in [6.45, 7) is 5.25. The van der Waals surface area contributed by atoms with E-state index in [9.17, 15) is 5.11 Å². The third kappa shape index (κ3) is 5.23. The van der Waals surface area contributed by atoms with Crippen LogP contribution in [0.15, 0.2) is 0 Å². The van der Waals surface area contributed by atoms with Gasteiger partial charge in [0.2, 0.25) is 0 Å². The van der Waals surface area contributed by atoms with Crippen LogP contribution in [-0.2, 0) is 4.74 Å². The number of hydrogen-bond donors (Lipinski definition) is 1. The van der Waals surface area contributed by atoms with Crippen LogP contribution in [0.4, 0.5) is 0 Å². The highest BCUT2D eigenvalue weighted by Gasteiger charge is 2.16. The van der Waals surface area contributed by atoms with Crippen LogP contribution in [0.25, 0.3) is 0 Å². The Balaban J connectivity index is 1.99. The minimum Gasteiger partial charge on any atom is -0.392 e. The minimum absolute atomic E-state index is 0.147. The molecule has 14 heavy (non-hydrogen) atoms. The van der Waals surface area contributed by atoms with Gasteiger partial charge in [-0.25, -0.2) is 0 Å². The van der Waals surface area contributed by atoms with Crippen molar-refractivity contribution in [3.8, 4) is 0 Å². The van der Waals surface area contributed by atoms with Gasteiger partial charge in [0.25, 0.3) is 0 Å². The fourth-order valence-corrected chi connectivity index (χ4v) is 2.41. The summed E-state index contributed by atoms with van der Waals surface area (Å²) in [7, 11) is 0. The van der Waals surface area contributed by atoms with Crippen LogP contribution in [0.3, 0.4) is 0 Å². The highest BCUT2D eigenvalue weighted by molar-refractivity contribution is 7.99. The Hall–Kier alpha value is 0.270. The molecule has 1 rings (SSSR count). The maximum atomic E-state index is 9.68. The molecule has 0 aromatic rings. The van der Waals surface area contributed by atoms with Gasteiger partial charge in [-0.15, -0.1) is 0 Å². The fraction of sp³-hybridized carbons (Fsp3) is 1.00. The third-order valence-electron chi connectivity index (χ3n) is 2.47. The van der Waals surface area contributed by atoms with E-state index in [1.165, 1.54) is 12.8 Å². The molecule has 0 saturated carbocycles. The van der Waals surface area contributed by atoms with Gasteiger partial charge in [-0.1, -0.05) is 13.8 Å². The summed E-state index contributed by atoms with van der Waals surface area (Å²) in [5.74, 6) is 0.865. The van der Waals surface area contributed by atoms with Crippen LogP contribution in [-0.4, -0.2) is 34.9 Å². The molecule has 1 heterocycles. The van der Waals surface area contributed by atoms with Crippen molar-refractivity contribution >= 4 is 11.8 Å². The van der Waals surface area contributed by atoms with Gasteiger partial charge in [-0.2, -0.15) is 11.8 Å². The Morgan fingerprint density at radius 1 is 1.50 bits per heavy atom. The van der Waals surface area contributed by atoms with Crippen LogP contribution >= 0.6 is 11.8 Å². The van der Waals surface area contributed by atoms with Gasteiger partial charge in [-0.3, -0.25) is 0 Å². The van der Waals surface area contributed by atoms with Crippen molar-refractivity contribution in [2.75, 3.05) is 12.4 Å². The van der Waals surface area contributed by atoms with Crippen LogP contribution in [0, 0.1) is 0 Å². The summed E-state index contributed by atoms with van der Waals surface area (Å²) < 4.78 is 5.51. The molecular formula is C11H22O2S. The molecular weight excluding hydrogens is 196 g/mol. The molecule has 0 aromatic carbocycles. The lowest BCUT2D eigenvalue weighted by molar-refractivity contribution is 0.0861. The van der Waals surface area contributed by atoms with Crippen molar-refractivity contribution in [2.24, 2.45) is 0 Å². The summed E-state index contributed by atoms with van der Waals surface area (Å²) >= 11 is 1.83. The molecule has 2 unspecified atom stereocenters. The van der Waals surface area contributed by atoms with E-state index < -0.39 is 0 Å². The van der Waals surface area contributed by atoms with Crippen molar-refractivity contribution in [1.82, 2.24) is 0 Å². The molecule has 1 fully saturated rings. The van der Waals surface area contributed by atoms with E-state index >= 15 is 0 Å². The lowest BCUT2D eigenvalue weighted by Crippen LogP contribution is -2.15. The SMILES string of the molecule is CC(C)SCC(O)CCC1CCCO1. The van der Waals surface area contributed by atoms with Crippen molar-refractivity contribution in [1.29, 1.82) is 0 Å². The molecule has 2 nitrogen and oxygen atoms in total. The second-order valence-electron chi connectivity index (χ2n) is 4.25. The van der Waals surface area contributed by atoms with Crippen molar-refractivity contribution in [3.05, 3.63) is 0 Å². The van der Waals surface area contributed by atoms with Crippen LogP contribution < -0.4 is 0 Å².